The Morgan fingerprint density at radius 3 is 2.85 bits per heavy atom. The predicted molar refractivity (Wildman–Crippen MR) is 55.2 cm³/mol. The third kappa shape index (κ3) is 1.33. The molecule has 0 unspecified atom stereocenters. The minimum Gasteiger partial charge on any atom is -0.200 e. The Morgan fingerprint density at radius 1 is 1.31 bits per heavy atom. The molecule has 2 aromatic rings. The quantitative estimate of drug-likeness (QED) is 0.578. The van der Waals surface area contributed by atoms with E-state index < -0.39 is 0 Å². The van der Waals surface area contributed by atoms with Gasteiger partial charge < -0.3 is 0 Å². The molecule has 1 aromatic carbocycles. The van der Waals surface area contributed by atoms with Gasteiger partial charge in [-0.1, -0.05) is 24.8 Å². The summed E-state index contributed by atoms with van der Waals surface area (Å²) in [5.41, 5.74) is 2.40. The molecule has 0 N–H and O–H groups in total. The summed E-state index contributed by atoms with van der Waals surface area (Å²) in [7, 11) is 2.05. The molecule has 0 aliphatic carbocycles. The standard InChI is InChI=1S/C12H12N/c1-3-10-8-11-6-4-5-7-12(11)13(2)9-10/h3-9H,1H2,2H3/q+1. The second-order valence-corrected chi connectivity index (χ2v) is 3.15. The summed E-state index contributed by atoms with van der Waals surface area (Å²) >= 11 is 0. The van der Waals surface area contributed by atoms with Crippen LogP contribution in [0.4, 0.5) is 0 Å². The van der Waals surface area contributed by atoms with Gasteiger partial charge in [-0.05, 0) is 12.1 Å². The van der Waals surface area contributed by atoms with Gasteiger partial charge in [0.15, 0.2) is 6.20 Å². The zero-order valence-electron chi connectivity index (χ0n) is 7.70. The van der Waals surface area contributed by atoms with Crippen molar-refractivity contribution in [3.05, 3.63) is 48.7 Å². The molecule has 1 heterocycles. The monoisotopic (exact) mass is 170 g/mol. The van der Waals surface area contributed by atoms with Gasteiger partial charge >= 0.3 is 0 Å². The SMILES string of the molecule is C=Cc1cc2ccccc2[n+](C)c1. The van der Waals surface area contributed by atoms with E-state index in [4.69, 9.17) is 0 Å². The first-order chi connectivity index (χ1) is 6.31. The van der Waals surface area contributed by atoms with Crippen LogP contribution >= 0.6 is 0 Å². The summed E-state index contributed by atoms with van der Waals surface area (Å²) in [6, 6.07) is 10.5. The van der Waals surface area contributed by atoms with Crippen LogP contribution in [0.3, 0.4) is 0 Å². The highest BCUT2D eigenvalue weighted by molar-refractivity contribution is 5.77. The number of nitrogens with zero attached hydrogens (tertiary/aromatic N) is 1. The van der Waals surface area contributed by atoms with Crippen LogP contribution in [0.2, 0.25) is 0 Å². The van der Waals surface area contributed by atoms with Crippen LogP contribution in [-0.4, -0.2) is 0 Å². The van der Waals surface area contributed by atoms with Crippen molar-refractivity contribution in [2.24, 2.45) is 7.05 Å². The average Bonchev–Trinajstić information content (AvgIpc) is 2.18. The molecule has 0 aliphatic heterocycles. The predicted octanol–water partition coefficient (Wildman–Crippen LogP) is 2.31. The molecule has 0 bridgehead atoms. The van der Waals surface area contributed by atoms with Crippen LogP contribution in [0, 0.1) is 0 Å². The lowest BCUT2D eigenvalue weighted by molar-refractivity contribution is -0.645. The van der Waals surface area contributed by atoms with Crippen molar-refractivity contribution in [3.8, 4) is 0 Å². The van der Waals surface area contributed by atoms with Crippen molar-refractivity contribution in [1.82, 2.24) is 0 Å². The highest BCUT2D eigenvalue weighted by atomic mass is 14.9. The van der Waals surface area contributed by atoms with E-state index in [2.05, 4.69) is 54.7 Å². The average molecular weight is 170 g/mol. The van der Waals surface area contributed by atoms with Crippen molar-refractivity contribution in [2.45, 2.75) is 0 Å². The van der Waals surface area contributed by atoms with Crippen molar-refractivity contribution in [1.29, 1.82) is 0 Å². The molecular weight excluding hydrogens is 158 g/mol. The van der Waals surface area contributed by atoms with Crippen LogP contribution in [-0.2, 0) is 7.05 Å². The topological polar surface area (TPSA) is 3.88 Å². The lowest BCUT2D eigenvalue weighted by Crippen LogP contribution is -2.28. The molecule has 0 fully saturated rings. The third-order valence-corrected chi connectivity index (χ3v) is 2.22. The third-order valence-electron chi connectivity index (χ3n) is 2.22. The van der Waals surface area contributed by atoms with Gasteiger partial charge in [0.2, 0.25) is 5.52 Å². The van der Waals surface area contributed by atoms with Crippen LogP contribution in [0.15, 0.2) is 43.1 Å². The van der Waals surface area contributed by atoms with Crippen LogP contribution in [0.5, 0.6) is 0 Å². The number of hydrogen-bond donors (Lipinski definition) is 0. The normalized spacial score (nSPS) is 10.2. The van der Waals surface area contributed by atoms with Gasteiger partial charge in [0.1, 0.15) is 7.05 Å². The summed E-state index contributed by atoms with van der Waals surface area (Å²) in [5, 5.41) is 1.25. The lowest BCUT2D eigenvalue weighted by atomic mass is 10.1. The first-order valence-corrected chi connectivity index (χ1v) is 4.32. The van der Waals surface area contributed by atoms with Gasteiger partial charge in [0.25, 0.3) is 0 Å². The molecule has 0 spiro atoms. The fraction of sp³-hybridized carbons (Fsp3) is 0.0833. The minimum absolute atomic E-state index is 1.15. The molecule has 0 radical (unpaired) electrons. The number of fused-ring (bicyclic) bond motifs is 1. The molecule has 1 nitrogen and oxygen atoms in total. The van der Waals surface area contributed by atoms with Crippen molar-refractivity contribution in [3.63, 3.8) is 0 Å². The summed E-state index contributed by atoms with van der Waals surface area (Å²) < 4.78 is 2.12. The number of hydrogen-bond acceptors (Lipinski definition) is 0. The maximum Gasteiger partial charge on any atom is 0.212 e. The second kappa shape index (κ2) is 3.02. The Labute approximate surface area is 77.9 Å². The molecule has 1 heteroatoms. The molecule has 1 aromatic heterocycles. The molecular formula is C12H12N+. The van der Waals surface area contributed by atoms with Crippen molar-refractivity contribution >= 4 is 17.0 Å². The lowest BCUT2D eigenvalue weighted by Gasteiger charge is -1.97. The van der Waals surface area contributed by atoms with Gasteiger partial charge in [0.05, 0.1) is 0 Å². The first-order valence-electron chi connectivity index (χ1n) is 4.32. The Hall–Kier alpha value is -1.63. The molecule has 0 saturated heterocycles. The van der Waals surface area contributed by atoms with E-state index >= 15 is 0 Å². The minimum atomic E-state index is 1.15. The van der Waals surface area contributed by atoms with Gasteiger partial charge in [-0.3, -0.25) is 0 Å². The zero-order valence-corrected chi connectivity index (χ0v) is 7.70. The summed E-state index contributed by atoms with van der Waals surface area (Å²) in [6.07, 6.45) is 3.95. The fourth-order valence-corrected chi connectivity index (χ4v) is 1.55. The number of rotatable bonds is 1. The molecule has 13 heavy (non-hydrogen) atoms. The number of aromatic nitrogens is 1. The Balaban J connectivity index is 2.84. The van der Waals surface area contributed by atoms with E-state index in [0.29, 0.717) is 0 Å². The molecule has 2 rings (SSSR count). The largest absolute Gasteiger partial charge is 0.212 e. The van der Waals surface area contributed by atoms with E-state index in [0.717, 1.165) is 5.56 Å². The maximum absolute atomic E-state index is 3.77. The van der Waals surface area contributed by atoms with E-state index in [1.54, 1.807) is 0 Å². The van der Waals surface area contributed by atoms with Gasteiger partial charge in [-0.25, -0.2) is 4.57 Å². The molecule has 0 aliphatic rings. The zero-order chi connectivity index (χ0) is 9.26. The summed E-state index contributed by atoms with van der Waals surface area (Å²) in [4.78, 5) is 0. The fourth-order valence-electron chi connectivity index (χ4n) is 1.55. The van der Waals surface area contributed by atoms with Gasteiger partial charge in [-0.2, -0.15) is 0 Å². The van der Waals surface area contributed by atoms with E-state index in [1.165, 1.54) is 10.9 Å². The van der Waals surface area contributed by atoms with Crippen LogP contribution in [0.1, 0.15) is 5.56 Å². The highest BCUT2D eigenvalue weighted by Gasteiger charge is 2.03. The van der Waals surface area contributed by atoms with Gasteiger partial charge in [0, 0.05) is 17.0 Å². The van der Waals surface area contributed by atoms with Crippen molar-refractivity contribution in [2.75, 3.05) is 0 Å². The molecule has 64 valence electrons. The van der Waals surface area contributed by atoms with E-state index in [9.17, 15) is 0 Å². The Morgan fingerprint density at radius 2 is 2.08 bits per heavy atom. The summed E-state index contributed by atoms with van der Waals surface area (Å²) in [6.45, 7) is 3.77. The second-order valence-electron chi connectivity index (χ2n) is 3.15. The first kappa shape index (κ1) is 7.99. The molecule has 0 amide bonds. The molecule has 0 atom stereocenters. The number of para-hydroxylation sites is 1. The number of benzene rings is 1. The van der Waals surface area contributed by atoms with Crippen LogP contribution in [0.25, 0.3) is 17.0 Å². The van der Waals surface area contributed by atoms with Crippen LogP contribution < -0.4 is 4.57 Å². The summed E-state index contributed by atoms with van der Waals surface area (Å²) in [5.74, 6) is 0. The Kier molecular flexibility index (Phi) is 1.85. The van der Waals surface area contributed by atoms with Gasteiger partial charge in [-0.15, -0.1) is 0 Å². The Bertz CT molecular complexity index is 458. The number of aryl methyl sites for hydroxylation is 1. The smallest absolute Gasteiger partial charge is 0.200 e. The van der Waals surface area contributed by atoms with E-state index in [1.807, 2.05) is 6.08 Å². The maximum atomic E-state index is 3.77. The number of pyridine rings is 1. The van der Waals surface area contributed by atoms with E-state index in [-0.39, 0.29) is 0 Å². The highest BCUT2D eigenvalue weighted by Crippen LogP contribution is 2.11. The molecule has 0 saturated carbocycles. The van der Waals surface area contributed by atoms with Crippen molar-refractivity contribution < 1.29 is 4.57 Å².